The van der Waals surface area contributed by atoms with Gasteiger partial charge in [0, 0.05) is 0 Å². The van der Waals surface area contributed by atoms with Gasteiger partial charge < -0.3 is 9.47 Å². The first-order valence-corrected chi connectivity index (χ1v) is 6.20. The Morgan fingerprint density at radius 3 is 3.00 bits per heavy atom. The zero-order chi connectivity index (χ0) is 13.0. The van der Waals surface area contributed by atoms with Crippen LogP contribution in [0.3, 0.4) is 0 Å². The molecular formula is C14H19NO3. The van der Waals surface area contributed by atoms with E-state index < -0.39 is 0 Å². The van der Waals surface area contributed by atoms with Crippen LogP contribution in [0.15, 0.2) is 24.3 Å². The van der Waals surface area contributed by atoms with Gasteiger partial charge in [-0.1, -0.05) is 12.1 Å². The van der Waals surface area contributed by atoms with E-state index in [4.69, 9.17) is 9.47 Å². The van der Waals surface area contributed by atoms with E-state index in [1.807, 2.05) is 36.2 Å². The third-order valence-electron chi connectivity index (χ3n) is 3.31. The van der Waals surface area contributed by atoms with Gasteiger partial charge >= 0.3 is 5.97 Å². The van der Waals surface area contributed by atoms with Crippen LogP contribution in [-0.4, -0.2) is 37.6 Å². The number of rotatable bonds is 4. The summed E-state index contributed by atoms with van der Waals surface area (Å²) in [5.74, 6) is 0.652. The summed E-state index contributed by atoms with van der Waals surface area (Å²) in [6.07, 6.45) is 1.96. The van der Waals surface area contributed by atoms with Gasteiger partial charge in [0.2, 0.25) is 0 Å². The monoisotopic (exact) mass is 249 g/mol. The first-order valence-electron chi connectivity index (χ1n) is 6.20. The smallest absolute Gasteiger partial charge is 0.323 e. The molecule has 4 nitrogen and oxygen atoms in total. The van der Waals surface area contributed by atoms with Crippen molar-refractivity contribution in [1.82, 2.24) is 4.90 Å². The second kappa shape index (κ2) is 5.87. The summed E-state index contributed by atoms with van der Waals surface area (Å²) in [5.41, 5.74) is 0.948. The van der Waals surface area contributed by atoms with E-state index in [0.29, 0.717) is 6.61 Å². The van der Waals surface area contributed by atoms with E-state index in [2.05, 4.69) is 0 Å². The highest BCUT2D eigenvalue weighted by atomic mass is 16.5. The maximum absolute atomic E-state index is 11.9. The third kappa shape index (κ3) is 3.01. The lowest BCUT2D eigenvalue weighted by atomic mass is 10.2. The molecule has 0 aliphatic carbocycles. The topological polar surface area (TPSA) is 38.8 Å². The molecule has 18 heavy (non-hydrogen) atoms. The highest BCUT2D eigenvalue weighted by Gasteiger charge is 2.28. The lowest BCUT2D eigenvalue weighted by Gasteiger charge is -2.17. The Kier molecular flexibility index (Phi) is 4.20. The molecule has 4 heteroatoms. The Morgan fingerprint density at radius 2 is 2.33 bits per heavy atom. The van der Waals surface area contributed by atoms with Gasteiger partial charge in [-0.2, -0.15) is 0 Å². The number of nitrogens with zero attached hydrogens (tertiary/aromatic N) is 1. The highest BCUT2D eigenvalue weighted by Crippen LogP contribution is 2.18. The standard InChI is InChI=1S/C14H19NO3/c1-15-8-4-7-13(15)14(16)18-10-11-5-3-6-12(9-11)17-2/h3,5-6,9,13H,4,7-8,10H2,1-2H3. The maximum Gasteiger partial charge on any atom is 0.323 e. The largest absolute Gasteiger partial charge is 0.497 e. The summed E-state index contributed by atoms with van der Waals surface area (Å²) in [7, 11) is 3.59. The van der Waals surface area contributed by atoms with Crippen molar-refractivity contribution in [1.29, 1.82) is 0 Å². The molecule has 1 unspecified atom stereocenters. The Labute approximate surface area is 107 Å². The molecule has 1 aromatic carbocycles. The van der Waals surface area contributed by atoms with Crippen LogP contribution in [0.4, 0.5) is 0 Å². The molecule has 1 aromatic rings. The second-order valence-corrected chi connectivity index (χ2v) is 4.60. The van der Waals surface area contributed by atoms with Gasteiger partial charge in [-0.15, -0.1) is 0 Å². The fourth-order valence-electron chi connectivity index (χ4n) is 2.22. The third-order valence-corrected chi connectivity index (χ3v) is 3.31. The Balaban J connectivity index is 1.88. The summed E-state index contributed by atoms with van der Waals surface area (Å²) in [6.45, 7) is 1.28. The first-order chi connectivity index (χ1) is 8.70. The van der Waals surface area contributed by atoms with Crippen LogP contribution in [0.1, 0.15) is 18.4 Å². The number of hydrogen-bond acceptors (Lipinski definition) is 4. The summed E-state index contributed by atoms with van der Waals surface area (Å²) < 4.78 is 10.5. The molecule has 1 aliphatic heterocycles. The second-order valence-electron chi connectivity index (χ2n) is 4.60. The van der Waals surface area contributed by atoms with Gasteiger partial charge in [-0.05, 0) is 44.1 Å². The predicted octanol–water partition coefficient (Wildman–Crippen LogP) is 1.83. The van der Waals surface area contributed by atoms with Crippen LogP contribution in [0.25, 0.3) is 0 Å². The number of methoxy groups -OCH3 is 1. The number of likely N-dealkylation sites (N-methyl/N-ethyl adjacent to an activating group) is 1. The van der Waals surface area contributed by atoms with Gasteiger partial charge in [0.1, 0.15) is 18.4 Å². The van der Waals surface area contributed by atoms with Crippen molar-refractivity contribution in [3.8, 4) is 5.75 Å². The van der Waals surface area contributed by atoms with Crippen LogP contribution in [0.2, 0.25) is 0 Å². The Morgan fingerprint density at radius 1 is 1.50 bits per heavy atom. The minimum absolute atomic E-state index is 0.0735. The van der Waals surface area contributed by atoms with E-state index in [0.717, 1.165) is 30.7 Å². The summed E-state index contributed by atoms with van der Waals surface area (Å²) >= 11 is 0. The van der Waals surface area contributed by atoms with E-state index in [-0.39, 0.29) is 12.0 Å². The number of hydrogen-bond donors (Lipinski definition) is 0. The lowest BCUT2D eigenvalue weighted by Crippen LogP contribution is -2.34. The molecule has 0 bridgehead atoms. The van der Waals surface area contributed by atoms with Crippen LogP contribution < -0.4 is 4.74 Å². The van der Waals surface area contributed by atoms with Gasteiger partial charge in [-0.25, -0.2) is 0 Å². The Bertz CT molecular complexity index is 419. The molecule has 2 rings (SSSR count). The number of carbonyl (C=O) groups is 1. The molecule has 0 radical (unpaired) electrons. The van der Waals surface area contributed by atoms with Crippen molar-refractivity contribution in [3.05, 3.63) is 29.8 Å². The van der Waals surface area contributed by atoms with Crippen molar-refractivity contribution in [3.63, 3.8) is 0 Å². The average molecular weight is 249 g/mol. The molecule has 1 fully saturated rings. The van der Waals surface area contributed by atoms with Gasteiger partial charge in [0.15, 0.2) is 0 Å². The summed E-state index contributed by atoms with van der Waals surface area (Å²) in [6, 6.07) is 7.50. The molecule has 1 heterocycles. The zero-order valence-corrected chi connectivity index (χ0v) is 10.9. The SMILES string of the molecule is COc1cccc(COC(=O)C2CCCN2C)c1. The van der Waals surface area contributed by atoms with Crippen LogP contribution in [0.5, 0.6) is 5.75 Å². The van der Waals surface area contributed by atoms with Crippen LogP contribution in [0, 0.1) is 0 Å². The maximum atomic E-state index is 11.9. The van der Waals surface area contributed by atoms with Crippen molar-refractivity contribution >= 4 is 5.97 Å². The van der Waals surface area contributed by atoms with E-state index in [1.165, 1.54) is 0 Å². The van der Waals surface area contributed by atoms with Crippen LogP contribution >= 0.6 is 0 Å². The zero-order valence-electron chi connectivity index (χ0n) is 10.9. The van der Waals surface area contributed by atoms with Gasteiger partial charge in [0.05, 0.1) is 7.11 Å². The predicted molar refractivity (Wildman–Crippen MR) is 68.4 cm³/mol. The normalized spacial score (nSPS) is 19.8. The number of likely N-dealkylation sites (tertiary alicyclic amines) is 1. The molecule has 1 atom stereocenters. The number of ether oxygens (including phenoxy) is 2. The van der Waals surface area contributed by atoms with E-state index in [9.17, 15) is 4.79 Å². The summed E-state index contributed by atoms with van der Waals surface area (Å²) in [5, 5.41) is 0. The average Bonchev–Trinajstić information content (AvgIpc) is 2.82. The fraction of sp³-hybridized carbons (Fsp3) is 0.500. The number of carbonyl (C=O) groups excluding carboxylic acids is 1. The molecule has 1 aliphatic rings. The van der Waals surface area contributed by atoms with Crippen molar-refractivity contribution in [2.45, 2.75) is 25.5 Å². The highest BCUT2D eigenvalue weighted by molar-refractivity contribution is 5.76. The molecule has 1 saturated heterocycles. The fourth-order valence-corrected chi connectivity index (χ4v) is 2.22. The molecule has 0 spiro atoms. The van der Waals surface area contributed by atoms with Gasteiger partial charge in [0.25, 0.3) is 0 Å². The minimum atomic E-state index is -0.127. The number of benzene rings is 1. The van der Waals surface area contributed by atoms with E-state index in [1.54, 1.807) is 7.11 Å². The molecule has 0 amide bonds. The van der Waals surface area contributed by atoms with Gasteiger partial charge in [-0.3, -0.25) is 9.69 Å². The van der Waals surface area contributed by atoms with Crippen molar-refractivity contribution in [2.75, 3.05) is 20.7 Å². The molecule has 98 valence electrons. The quantitative estimate of drug-likeness (QED) is 0.763. The molecular weight excluding hydrogens is 230 g/mol. The lowest BCUT2D eigenvalue weighted by molar-refractivity contribution is -0.149. The molecule has 0 saturated carbocycles. The van der Waals surface area contributed by atoms with Crippen molar-refractivity contribution in [2.24, 2.45) is 0 Å². The summed E-state index contributed by atoms with van der Waals surface area (Å²) in [4.78, 5) is 13.9. The first kappa shape index (κ1) is 12.9. The molecule has 0 N–H and O–H groups in total. The minimum Gasteiger partial charge on any atom is -0.497 e. The van der Waals surface area contributed by atoms with E-state index >= 15 is 0 Å². The van der Waals surface area contributed by atoms with Crippen molar-refractivity contribution < 1.29 is 14.3 Å². The number of esters is 1. The molecule has 0 aromatic heterocycles. The Hall–Kier alpha value is -1.55. The van der Waals surface area contributed by atoms with Crippen LogP contribution in [-0.2, 0) is 16.1 Å².